The minimum Gasteiger partial charge on any atom is -0.397 e. The zero-order valence-corrected chi connectivity index (χ0v) is 10.8. The number of benzene rings is 2. The summed E-state index contributed by atoms with van der Waals surface area (Å²) < 4.78 is 0. The molecule has 0 fully saturated rings. The fraction of sp³-hybridized carbons (Fsp3) is 0.0667. The summed E-state index contributed by atoms with van der Waals surface area (Å²) >= 11 is 0. The first-order valence-electron chi connectivity index (χ1n) is 6.03. The van der Waals surface area contributed by atoms with E-state index in [4.69, 9.17) is 16.7 Å². The third-order valence-corrected chi connectivity index (χ3v) is 2.91. The van der Waals surface area contributed by atoms with Crippen LogP contribution >= 0.6 is 0 Å². The van der Waals surface area contributed by atoms with Gasteiger partial charge >= 0.3 is 0 Å². The van der Waals surface area contributed by atoms with Crippen molar-refractivity contribution in [1.29, 1.82) is 5.26 Å². The van der Waals surface area contributed by atoms with E-state index in [9.17, 15) is 4.79 Å². The van der Waals surface area contributed by atoms with Gasteiger partial charge in [0.05, 0.1) is 28.6 Å². The van der Waals surface area contributed by atoms with Gasteiger partial charge in [0.1, 0.15) is 0 Å². The number of nitriles is 1. The van der Waals surface area contributed by atoms with Crippen molar-refractivity contribution in [1.82, 2.24) is 0 Å². The number of hydrogen-bond donors (Lipinski definition) is 3. The summed E-state index contributed by atoms with van der Waals surface area (Å²) in [5.74, 6) is -0.528. The lowest BCUT2D eigenvalue weighted by molar-refractivity contribution is 0.100. The average molecular weight is 266 g/mol. The Bertz CT molecular complexity index is 671. The van der Waals surface area contributed by atoms with Gasteiger partial charge in [0.15, 0.2) is 0 Å². The summed E-state index contributed by atoms with van der Waals surface area (Å²) in [6.07, 6.45) is 0. The minimum atomic E-state index is -0.528. The van der Waals surface area contributed by atoms with E-state index < -0.39 is 5.91 Å². The highest BCUT2D eigenvalue weighted by Gasteiger charge is 2.10. The van der Waals surface area contributed by atoms with Crippen LogP contribution in [0, 0.1) is 11.3 Å². The largest absolute Gasteiger partial charge is 0.397 e. The number of primary amides is 1. The number of rotatable bonds is 4. The molecule has 2 aromatic rings. The molecule has 20 heavy (non-hydrogen) atoms. The van der Waals surface area contributed by atoms with Crippen LogP contribution in [0.3, 0.4) is 0 Å². The van der Waals surface area contributed by atoms with Gasteiger partial charge in [0.2, 0.25) is 0 Å². The van der Waals surface area contributed by atoms with Gasteiger partial charge in [-0.3, -0.25) is 4.79 Å². The van der Waals surface area contributed by atoms with Crippen LogP contribution in [-0.2, 0) is 6.54 Å². The molecule has 0 bridgehead atoms. The Balaban J connectivity index is 2.18. The van der Waals surface area contributed by atoms with Gasteiger partial charge in [-0.15, -0.1) is 0 Å². The maximum absolute atomic E-state index is 11.4. The number of nitrogens with two attached hydrogens (primary N) is 2. The van der Waals surface area contributed by atoms with Crippen molar-refractivity contribution < 1.29 is 4.79 Å². The first kappa shape index (κ1) is 13.4. The van der Waals surface area contributed by atoms with Gasteiger partial charge in [-0.2, -0.15) is 5.26 Å². The molecule has 0 aliphatic carbocycles. The zero-order valence-electron chi connectivity index (χ0n) is 10.8. The van der Waals surface area contributed by atoms with Crippen molar-refractivity contribution >= 4 is 17.3 Å². The van der Waals surface area contributed by atoms with Crippen molar-refractivity contribution in [2.24, 2.45) is 5.73 Å². The Labute approximate surface area is 116 Å². The molecule has 5 N–H and O–H groups in total. The first-order chi connectivity index (χ1) is 9.61. The average Bonchev–Trinajstić information content (AvgIpc) is 2.46. The maximum atomic E-state index is 11.4. The number of para-hydroxylation sites is 1. The molecule has 0 aromatic heterocycles. The van der Waals surface area contributed by atoms with E-state index in [-0.39, 0.29) is 0 Å². The molecular formula is C15H14N4O. The third kappa shape index (κ3) is 2.87. The van der Waals surface area contributed by atoms with Gasteiger partial charge in [0.25, 0.3) is 5.91 Å². The first-order valence-corrected chi connectivity index (χ1v) is 6.03. The molecule has 0 radical (unpaired) electrons. The van der Waals surface area contributed by atoms with Crippen LogP contribution < -0.4 is 16.8 Å². The second-order valence-electron chi connectivity index (χ2n) is 4.30. The summed E-state index contributed by atoms with van der Waals surface area (Å²) in [4.78, 5) is 11.4. The molecule has 0 spiro atoms. The van der Waals surface area contributed by atoms with Crippen LogP contribution in [0.1, 0.15) is 21.5 Å². The lowest BCUT2D eigenvalue weighted by Crippen LogP contribution is -2.15. The predicted molar refractivity (Wildman–Crippen MR) is 77.9 cm³/mol. The van der Waals surface area contributed by atoms with Crippen LogP contribution in [-0.4, -0.2) is 5.91 Å². The highest BCUT2D eigenvalue weighted by atomic mass is 16.1. The standard InChI is InChI=1S/C15H14N4O/c16-8-10-4-6-11(7-5-10)9-19-14-12(15(18)20)2-1-3-13(14)17/h1-7,19H,9,17H2,(H2,18,20). The molecule has 0 unspecified atom stereocenters. The van der Waals surface area contributed by atoms with Gasteiger partial charge in [-0.1, -0.05) is 18.2 Å². The van der Waals surface area contributed by atoms with Gasteiger partial charge in [-0.25, -0.2) is 0 Å². The van der Waals surface area contributed by atoms with Crippen LogP contribution in [0.15, 0.2) is 42.5 Å². The molecule has 5 heteroatoms. The number of carbonyl (C=O) groups is 1. The molecular weight excluding hydrogens is 252 g/mol. The van der Waals surface area contributed by atoms with Gasteiger partial charge in [0, 0.05) is 6.54 Å². The molecule has 0 aliphatic heterocycles. The number of anilines is 2. The topological polar surface area (TPSA) is 105 Å². The molecule has 0 saturated heterocycles. The summed E-state index contributed by atoms with van der Waals surface area (Å²) in [6, 6.07) is 14.2. The van der Waals surface area contributed by atoms with Crippen LogP contribution in [0.5, 0.6) is 0 Å². The fourth-order valence-electron chi connectivity index (χ4n) is 1.86. The van der Waals surface area contributed by atoms with Crippen molar-refractivity contribution in [2.75, 3.05) is 11.1 Å². The molecule has 0 aliphatic rings. The molecule has 2 aromatic carbocycles. The molecule has 0 saturated carbocycles. The number of nitrogens with one attached hydrogen (secondary N) is 1. The third-order valence-electron chi connectivity index (χ3n) is 2.91. The van der Waals surface area contributed by atoms with E-state index in [0.29, 0.717) is 29.0 Å². The lowest BCUT2D eigenvalue weighted by atomic mass is 10.1. The van der Waals surface area contributed by atoms with Crippen LogP contribution in [0.25, 0.3) is 0 Å². The SMILES string of the molecule is N#Cc1ccc(CNc2c(N)cccc2C(N)=O)cc1. The smallest absolute Gasteiger partial charge is 0.250 e. The van der Waals surface area contributed by atoms with Crippen molar-refractivity contribution in [3.63, 3.8) is 0 Å². The van der Waals surface area contributed by atoms with E-state index >= 15 is 0 Å². The van der Waals surface area contributed by atoms with Gasteiger partial charge < -0.3 is 16.8 Å². The second-order valence-corrected chi connectivity index (χ2v) is 4.30. The molecule has 0 heterocycles. The number of nitrogen functional groups attached to an aromatic ring is 1. The summed E-state index contributed by atoms with van der Waals surface area (Å²) in [5.41, 5.74) is 14.1. The Kier molecular flexibility index (Phi) is 3.87. The van der Waals surface area contributed by atoms with E-state index in [1.807, 2.05) is 12.1 Å². The van der Waals surface area contributed by atoms with Crippen molar-refractivity contribution in [3.8, 4) is 6.07 Å². The normalized spacial score (nSPS) is 9.75. The minimum absolute atomic E-state index is 0.360. The van der Waals surface area contributed by atoms with Crippen molar-refractivity contribution in [2.45, 2.75) is 6.54 Å². The number of nitrogens with zero attached hydrogens (tertiary/aromatic N) is 1. The Morgan fingerprint density at radius 2 is 1.90 bits per heavy atom. The van der Waals surface area contributed by atoms with E-state index in [2.05, 4.69) is 11.4 Å². The van der Waals surface area contributed by atoms with E-state index in [1.54, 1.807) is 30.3 Å². The highest BCUT2D eigenvalue weighted by Crippen LogP contribution is 2.23. The summed E-state index contributed by atoms with van der Waals surface area (Å²) in [5, 5.41) is 11.8. The fourth-order valence-corrected chi connectivity index (χ4v) is 1.86. The molecule has 0 atom stereocenters. The number of amides is 1. The van der Waals surface area contributed by atoms with Crippen LogP contribution in [0.2, 0.25) is 0 Å². The van der Waals surface area contributed by atoms with Crippen LogP contribution in [0.4, 0.5) is 11.4 Å². The Morgan fingerprint density at radius 1 is 1.20 bits per heavy atom. The summed E-state index contributed by atoms with van der Waals surface area (Å²) in [7, 11) is 0. The molecule has 100 valence electrons. The van der Waals surface area contributed by atoms with Gasteiger partial charge in [-0.05, 0) is 29.8 Å². The van der Waals surface area contributed by atoms with Crippen molar-refractivity contribution in [3.05, 3.63) is 59.2 Å². The highest BCUT2D eigenvalue weighted by molar-refractivity contribution is 6.01. The number of carbonyl (C=O) groups excluding carboxylic acids is 1. The maximum Gasteiger partial charge on any atom is 0.250 e. The second kappa shape index (κ2) is 5.76. The Hall–Kier alpha value is -3.00. The molecule has 5 nitrogen and oxygen atoms in total. The van der Waals surface area contributed by atoms with E-state index in [0.717, 1.165) is 5.56 Å². The lowest BCUT2D eigenvalue weighted by Gasteiger charge is -2.12. The molecule has 2 rings (SSSR count). The molecule has 1 amide bonds. The predicted octanol–water partition coefficient (Wildman–Crippen LogP) is 1.85. The quantitative estimate of drug-likeness (QED) is 0.734. The number of hydrogen-bond acceptors (Lipinski definition) is 4. The zero-order chi connectivity index (χ0) is 14.5. The monoisotopic (exact) mass is 266 g/mol. The Morgan fingerprint density at radius 3 is 2.50 bits per heavy atom. The summed E-state index contributed by atoms with van der Waals surface area (Å²) in [6.45, 7) is 0.486. The van der Waals surface area contributed by atoms with E-state index in [1.165, 1.54) is 0 Å².